The Kier molecular flexibility index (Phi) is 3.15. The fourth-order valence-electron chi connectivity index (χ4n) is 0.783. The quantitative estimate of drug-likeness (QED) is 0.621. The minimum atomic E-state index is -3.03. The van der Waals surface area contributed by atoms with Crippen molar-refractivity contribution in [2.75, 3.05) is 0 Å². The van der Waals surface area contributed by atoms with Crippen LogP contribution in [0, 0.1) is 0 Å². The first kappa shape index (κ1) is 9.88. The van der Waals surface area contributed by atoms with Gasteiger partial charge in [0, 0.05) is 11.7 Å². The van der Waals surface area contributed by atoms with Crippen LogP contribution in [0.1, 0.15) is 0 Å². The standard InChI is InChI=1S/C6H6BF2NO3/c8-6(9)13-5-4(7(11)12)2-1-3-10-5/h1-3,6,11-12H. The van der Waals surface area contributed by atoms with Crippen molar-refractivity contribution < 1.29 is 23.6 Å². The van der Waals surface area contributed by atoms with Crippen molar-refractivity contribution >= 4 is 12.6 Å². The first-order valence-corrected chi connectivity index (χ1v) is 3.37. The van der Waals surface area contributed by atoms with Gasteiger partial charge in [0.15, 0.2) is 0 Å². The second kappa shape index (κ2) is 4.15. The third-order valence-electron chi connectivity index (χ3n) is 1.28. The minimum absolute atomic E-state index is 0.192. The lowest BCUT2D eigenvalue weighted by molar-refractivity contribution is -0.0521. The minimum Gasteiger partial charge on any atom is -0.423 e. The van der Waals surface area contributed by atoms with Crippen LogP contribution in [0.5, 0.6) is 5.88 Å². The molecule has 0 aliphatic heterocycles. The summed E-state index contributed by atoms with van der Waals surface area (Å²) >= 11 is 0. The monoisotopic (exact) mass is 189 g/mol. The number of hydrogen-bond donors (Lipinski definition) is 2. The maximum absolute atomic E-state index is 11.7. The molecule has 1 rings (SSSR count). The number of nitrogens with zero attached hydrogens (tertiary/aromatic N) is 1. The van der Waals surface area contributed by atoms with Crippen molar-refractivity contribution in [3.63, 3.8) is 0 Å². The lowest BCUT2D eigenvalue weighted by Gasteiger charge is -2.07. The second-order valence-electron chi connectivity index (χ2n) is 2.15. The molecule has 0 unspecified atom stereocenters. The van der Waals surface area contributed by atoms with Gasteiger partial charge in [-0.15, -0.1) is 0 Å². The Labute approximate surface area is 72.9 Å². The molecule has 0 aliphatic rings. The topological polar surface area (TPSA) is 62.6 Å². The zero-order valence-corrected chi connectivity index (χ0v) is 6.39. The van der Waals surface area contributed by atoms with Gasteiger partial charge in [-0.2, -0.15) is 8.78 Å². The molecule has 0 atom stereocenters. The lowest BCUT2D eigenvalue weighted by Crippen LogP contribution is -2.32. The third-order valence-corrected chi connectivity index (χ3v) is 1.28. The number of aromatic nitrogens is 1. The normalized spacial score (nSPS) is 10.2. The molecule has 0 fully saturated rings. The van der Waals surface area contributed by atoms with Crippen LogP contribution in [0.4, 0.5) is 8.78 Å². The number of pyridine rings is 1. The van der Waals surface area contributed by atoms with Crippen molar-refractivity contribution in [1.82, 2.24) is 4.98 Å². The zero-order chi connectivity index (χ0) is 9.84. The fourth-order valence-corrected chi connectivity index (χ4v) is 0.783. The largest absolute Gasteiger partial charge is 0.494 e. The van der Waals surface area contributed by atoms with E-state index in [4.69, 9.17) is 10.0 Å². The van der Waals surface area contributed by atoms with Gasteiger partial charge in [0.05, 0.1) is 0 Å². The lowest BCUT2D eigenvalue weighted by atomic mass is 9.81. The molecular weight excluding hydrogens is 183 g/mol. The van der Waals surface area contributed by atoms with Crippen molar-refractivity contribution in [2.24, 2.45) is 0 Å². The summed E-state index contributed by atoms with van der Waals surface area (Å²) in [5.74, 6) is -0.479. The van der Waals surface area contributed by atoms with Crippen LogP contribution < -0.4 is 10.2 Å². The highest BCUT2D eigenvalue weighted by atomic mass is 19.3. The predicted octanol–water partition coefficient (Wildman–Crippen LogP) is -0.637. The Hall–Kier alpha value is -1.21. The molecule has 0 aliphatic carbocycles. The van der Waals surface area contributed by atoms with E-state index in [1.165, 1.54) is 18.3 Å². The zero-order valence-electron chi connectivity index (χ0n) is 6.39. The first-order valence-electron chi connectivity index (χ1n) is 3.37. The van der Waals surface area contributed by atoms with E-state index in [1.54, 1.807) is 0 Å². The molecule has 4 nitrogen and oxygen atoms in total. The molecule has 70 valence electrons. The van der Waals surface area contributed by atoms with Gasteiger partial charge < -0.3 is 14.8 Å². The number of halogens is 2. The van der Waals surface area contributed by atoms with Gasteiger partial charge in [0.2, 0.25) is 5.88 Å². The summed E-state index contributed by atoms with van der Waals surface area (Å²) in [6.07, 6.45) is 1.21. The van der Waals surface area contributed by atoms with Crippen LogP contribution in [0.2, 0.25) is 0 Å². The molecule has 7 heteroatoms. The van der Waals surface area contributed by atoms with E-state index in [0.29, 0.717) is 0 Å². The highest BCUT2D eigenvalue weighted by Gasteiger charge is 2.19. The second-order valence-corrected chi connectivity index (χ2v) is 2.15. The molecule has 1 aromatic heterocycles. The van der Waals surface area contributed by atoms with Crippen LogP contribution in [0.25, 0.3) is 0 Å². The van der Waals surface area contributed by atoms with E-state index in [9.17, 15) is 8.78 Å². The van der Waals surface area contributed by atoms with Crippen LogP contribution >= 0.6 is 0 Å². The average molecular weight is 189 g/mol. The Morgan fingerprint density at radius 2 is 2.15 bits per heavy atom. The molecule has 0 radical (unpaired) electrons. The summed E-state index contributed by atoms with van der Waals surface area (Å²) in [6.45, 7) is -3.03. The Morgan fingerprint density at radius 3 is 2.69 bits per heavy atom. The maximum Gasteiger partial charge on any atom is 0.494 e. The van der Waals surface area contributed by atoms with Crippen molar-refractivity contribution in [3.05, 3.63) is 18.3 Å². The van der Waals surface area contributed by atoms with Gasteiger partial charge in [-0.05, 0) is 6.07 Å². The van der Waals surface area contributed by atoms with Gasteiger partial charge in [0.1, 0.15) is 0 Å². The summed E-state index contributed by atoms with van der Waals surface area (Å²) in [5, 5.41) is 17.4. The number of rotatable bonds is 3. The third kappa shape index (κ3) is 2.64. The number of hydrogen-bond acceptors (Lipinski definition) is 4. The van der Waals surface area contributed by atoms with Gasteiger partial charge in [-0.3, -0.25) is 0 Å². The summed E-state index contributed by atoms with van der Waals surface area (Å²) < 4.78 is 27.4. The molecule has 2 N–H and O–H groups in total. The highest BCUT2D eigenvalue weighted by molar-refractivity contribution is 6.59. The smallest absolute Gasteiger partial charge is 0.423 e. The fraction of sp³-hybridized carbons (Fsp3) is 0.167. The Bertz CT molecular complexity index is 284. The number of alkyl halides is 2. The van der Waals surface area contributed by atoms with Gasteiger partial charge in [-0.1, -0.05) is 6.07 Å². The van der Waals surface area contributed by atoms with Crippen molar-refractivity contribution in [1.29, 1.82) is 0 Å². The van der Waals surface area contributed by atoms with Gasteiger partial charge in [0.25, 0.3) is 0 Å². The van der Waals surface area contributed by atoms with Crippen molar-refractivity contribution in [2.45, 2.75) is 6.61 Å². The molecule has 0 aromatic carbocycles. The van der Waals surface area contributed by atoms with E-state index in [1.807, 2.05) is 0 Å². The van der Waals surface area contributed by atoms with E-state index in [-0.39, 0.29) is 5.46 Å². The average Bonchev–Trinajstić information content (AvgIpc) is 2.03. The summed E-state index contributed by atoms with van der Waals surface area (Å²) in [6, 6.07) is 2.61. The SMILES string of the molecule is OB(O)c1cccnc1OC(F)F. The van der Waals surface area contributed by atoms with Crippen LogP contribution in [0.3, 0.4) is 0 Å². The van der Waals surface area contributed by atoms with Crippen LogP contribution in [0.15, 0.2) is 18.3 Å². The molecule has 13 heavy (non-hydrogen) atoms. The van der Waals surface area contributed by atoms with Gasteiger partial charge in [-0.25, -0.2) is 4.98 Å². The molecule has 1 heterocycles. The Balaban J connectivity index is 2.91. The molecule has 0 amide bonds. The van der Waals surface area contributed by atoms with E-state index >= 15 is 0 Å². The van der Waals surface area contributed by atoms with E-state index < -0.39 is 19.6 Å². The highest BCUT2D eigenvalue weighted by Crippen LogP contribution is 2.06. The molecular formula is C6H6BF2NO3. The maximum atomic E-state index is 11.7. The molecule has 1 aromatic rings. The van der Waals surface area contributed by atoms with Gasteiger partial charge >= 0.3 is 13.7 Å². The molecule has 0 bridgehead atoms. The van der Waals surface area contributed by atoms with Crippen LogP contribution in [-0.2, 0) is 0 Å². The van der Waals surface area contributed by atoms with E-state index in [0.717, 1.165) is 0 Å². The Morgan fingerprint density at radius 1 is 1.46 bits per heavy atom. The molecule has 0 spiro atoms. The molecule has 0 saturated carbocycles. The first-order chi connectivity index (χ1) is 6.11. The molecule has 0 saturated heterocycles. The number of ether oxygens (including phenoxy) is 1. The predicted molar refractivity (Wildman–Crippen MR) is 40.7 cm³/mol. The van der Waals surface area contributed by atoms with E-state index in [2.05, 4.69) is 9.72 Å². The summed E-state index contributed by atoms with van der Waals surface area (Å²) in [7, 11) is -1.87. The van der Waals surface area contributed by atoms with Crippen LogP contribution in [-0.4, -0.2) is 28.8 Å². The summed E-state index contributed by atoms with van der Waals surface area (Å²) in [5.41, 5.74) is -0.192. The summed E-state index contributed by atoms with van der Waals surface area (Å²) in [4.78, 5) is 3.42. The van der Waals surface area contributed by atoms with Crippen molar-refractivity contribution in [3.8, 4) is 5.88 Å².